The van der Waals surface area contributed by atoms with Crippen molar-refractivity contribution in [2.24, 2.45) is 0 Å². The van der Waals surface area contributed by atoms with Gasteiger partial charge in [-0.15, -0.1) is 0 Å². The van der Waals surface area contributed by atoms with E-state index in [0.29, 0.717) is 33.6 Å². The van der Waals surface area contributed by atoms with Crippen LogP contribution in [0.4, 0.5) is 0 Å². The van der Waals surface area contributed by atoms with Crippen molar-refractivity contribution >= 4 is 15.9 Å². The minimum absolute atomic E-state index is 0.0133. The van der Waals surface area contributed by atoms with Crippen LogP contribution in [0, 0.1) is 18.3 Å². The van der Waals surface area contributed by atoms with Crippen molar-refractivity contribution in [1.82, 2.24) is 4.98 Å². The van der Waals surface area contributed by atoms with Crippen LogP contribution in [0.25, 0.3) is 11.1 Å². The highest BCUT2D eigenvalue weighted by Crippen LogP contribution is 2.39. The number of aromatic amines is 1. The number of H-pyrrole nitrogens is 1. The van der Waals surface area contributed by atoms with Gasteiger partial charge in [-0.1, -0.05) is 0 Å². The minimum Gasteiger partial charge on any atom is -0.503 e. The molecule has 1 aromatic heterocycles. The molecule has 2 N–H and O–H groups in total. The lowest BCUT2D eigenvalue weighted by atomic mass is 10.0. The minimum atomic E-state index is -0.436. The van der Waals surface area contributed by atoms with Crippen LogP contribution in [-0.2, 0) is 0 Å². The Kier molecular flexibility index (Phi) is 4.34. The summed E-state index contributed by atoms with van der Waals surface area (Å²) in [5.74, 6) is 0.282. The maximum Gasteiger partial charge on any atom is 0.266 e. The van der Waals surface area contributed by atoms with Crippen molar-refractivity contribution in [3.05, 3.63) is 44.3 Å². The van der Waals surface area contributed by atoms with Crippen LogP contribution < -0.4 is 10.3 Å². The predicted molar refractivity (Wildman–Crippen MR) is 82.5 cm³/mol. The van der Waals surface area contributed by atoms with E-state index in [4.69, 9.17) is 4.74 Å². The number of aromatic hydroxyl groups is 1. The first-order chi connectivity index (χ1) is 9.97. The zero-order valence-electron chi connectivity index (χ0n) is 11.5. The van der Waals surface area contributed by atoms with E-state index in [9.17, 15) is 15.2 Å². The third-order valence-corrected chi connectivity index (χ3v) is 3.52. The molecule has 1 heterocycles. The molecule has 0 saturated carbocycles. The van der Waals surface area contributed by atoms with Gasteiger partial charge < -0.3 is 14.8 Å². The molecule has 0 spiro atoms. The summed E-state index contributed by atoms with van der Waals surface area (Å²) in [4.78, 5) is 14.5. The van der Waals surface area contributed by atoms with Crippen LogP contribution in [0.1, 0.15) is 18.2 Å². The van der Waals surface area contributed by atoms with Crippen molar-refractivity contribution in [3.8, 4) is 28.7 Å². The number of aryl methyl sites for hydroxylation is 1. The molecule has 2 rings (SSSR count). The van der Waals surface area contributed by atoms with E-state index < -0.39 is 5.56 Å². The summed E-state index contributed by atoms with van der Waals surface area (Å²) in [6.07, 6.45) is 0. The van der Waals surface area contributed by atoms with Gasteiger partial charge in [0.15, 0.2) is 11.5 Å². The standard InChI is InChI=1S/C15H13BrN2O3/c1-3-21-13-6-9(5-12(16)14(13)19)10-4-8(2)18-15(20)11(10)7-17/h4-6,19H,3H2,1-2H3,(H,18,20). The number of phenols is 1. The normalized spacial score (nSPS) is 10.2. The summed E-state index contributed by atoms with van der Waals surface area (Å²) >= 11 is 3.25. The second-order valence-corrected chi connectivity index (χ2v) is 5.27. The fourth-order valence-corrected chi connectivity index (χ4v) is 2.46. The number of aromatic nitrogens is 1. The Balaban J connectivity index is 2.74. The number of hydrogen-bond donors (Lipinski definition) is 2. The molecule has 0 atom stereocenters. The van der Waals surface area contributed by atoms with E-state index in [1.54, 1.807) is 32.0 Å². The molecule has 5 nitrogen and oxygen atoms in total. The Hall–Kier alpha value is -2.26. The summed E-state index contributed by atoms with van der Waals surface area (Å²) in [5, 5.41) is 19.1. The molecular formula is C15H13BrN2O3. The number of nitriles is 1. The van der Waals surface area contributed by atoms with Crippen molar-refractivity contribution < 1.29 is 9.84 Å². The second-order valence-electron chi connectivity index (χ2n) is 4.42. The van der Waals surface area contributed by atoms with E-state index in [1.807, 2.05) is 6.07 Å². The van der Waals surface area contributed by atoms with Gasteiger partial charge in [-0.3, -0.25) is 4.79 Å². The quantitative estimate of drug-likeness (QED) is 0.892. The molecule has 0 aliphatic carbocycles. The monoisotopic (exact) mass is 348 g/mol. The first kappa shape index (κ1) is 15.1. The number of halogens is 1. The molecule has 0 bridgehead atoms. The molecule has 1 aromatic carbocycles. The molecule has 0 radical (unpaired) electrons. The molecule has 21 heavy (non-hydrogen) atoms. The largest absolute Gasteiger partial charge is 0.503 e. The summed E-state index contributed by atoms with van der Waals surface area (Å²) in [5.41, 5.74) is 1.36. The van der Waals surface area contributed by atoms with Gasteiger partial charge >= 0.3 is 0 Å². The third kappa shape index (κ3) is 2.93. The number of phenolic OH excluding ortho intramolecular Hbond substituents is 1. The summed E-state index contributed by atoms with van der Waals surface area (Å²) in [6, 6.07) is 6.89. The molecule has 6 heteroatoms. The lowest BCUT2D eigenvalue weighted by Crippen LogP contribution is -2.12. The van der Waals surface area contributed by atoms with Gasteiger partial charge in [0, 0.05) is 11.3 Å². The smallest absolute Gasteiger partial charge is 0.266 e. The van der Waals surface area contributed by atoms with E-state index in [-0.39, 0.29) is 11.3 Å². The van der Waals surface area contributed by atoms with Crippen molar-refractivity contribution in [2.45, 2.75) is 13.8 Å². The van der Waals surface area contributed by atoms with Gasteiger partial charge in [0.05, 0.1) is 11.1 Å². The first-order valence-corrected chi connectivity index (χ1v) is 7.07. The summed E-state index contributed by atoms with van der Waals surface area (Å²) < 4.78 is 5.80. The number of pyridine rings is 1. The van der Waals surface area contributed by atoms with Crippen LogP contribution in [-0.4, -0.2) is 16.7 Å². The van der Waals surface area contributed by atoms with Crippen molar-refractivity contribution in [1.29, 1.82) is 5.26 Å². The van der Waals surface area contributed by atoms with Gasteiger partial charge in [-0.2, -0.15) is 5.26 Å². The molecular weight excluding hydrogens is 336 g/mol. The molecule has 0 saturated heterocycles. The first-order valence-electron chi connectivity index (χ1n) is 6.27. The van der Waals surface area contributed by atoms with Gasteiger partial charge in [0.2, 0.25) is 0 Å². The highest BCUT2D eigenvalue weighted by molar-refractivity contribution is 9.10. The maximum atomic E-state index is 11.9. The van der Waals surface area contributed by atoms with Gasteiger partial charge in [-0.05, 0) is 53.5 Å². The van der Waals surface area contributed by atoms with Crippen molar-refractivity contribution in [3.63, 3.8) is 0 Å². The predicted octanol–water partition coefficient (Wildman–Crippen LogP) is 3.09. The molecule has 0 unspecified atom stereocenters. The van der Waals surface area contributed by atoms with E-state index >= 15 is 0 Å². The summed E-state index contributed by atoms with van der Waals surface area (Å²) in [7, 11) is 0. The van der Waals surface area contributed by atoms with Gasteiger partial charge in [0.25, 0.3) is 5.56 Å². The topological polar surface area (TPSA) is 86.1 Å². The molecule has 0 amide bonds. The van der Waals surface area contributed by atoms with Crippen LogP contribution in [0.3, 0.4) is 0 Å². The Labute approximate surface area is 129 Å². The van der Waals surface area contributed by atoms with E-state index in [2.05, 4.69) is 20.9 Å². The van der Waals surface area contributed by atoms with Crippen LogP contribution in [0.15, 0.2) is 27.5 Å². The van der Waals surface area contributed by atoms with Crippen molar-refractivity contribution in [2.75, 3.05) is 6.61 Å². The number of hydrogen-bond acceptors (Lipinski definition) is 4. The average Bonchev–Trinajstić information content (AvgIpc) is 2.43. The van der Waals surface area contributed by atoms with E-state index in [1.165, 1.54) is 0 Å². The Morgan fingerprint density at radius 1 is 1.43 bits per heavy atom. The lowest BCUT2D eigenvalue weighted by Gasteiger charge is -2.11. The van der Waals surface area contributed by atoms with Crippen LogP contribution in [0.2, 0.25) is 0 Å². The molecule has 0 aliphatic rings. The Bertz CT molecular complexity index is 791. The summed E-state index contributed by atoms with van der Waals surface area (Å²) in [6.45, 7) is 3.94. The second kappa shape index (κ2) is 6.02. The van der Waals surface area contributed by atoms with Gasteiger partial charge in [0.1, 0.15) is 11.6 Å². The Morgan fingerprint density at radius 3 is 2.76 bits per heavy atom. The molecule has 0 fully saturated rings. The maximum absolute atomic E-state index is 11.9. The van der Waals surface area contributed by atoms with Gasteiger partial charge in [-0.25, -0.2) is 0 Å². The number of rotatable bonds is 3. The number of nitrogens with zero attached hydrogens (tertiary/aromatic N) is 1. The van der Waals surface area contributed by atoms with E-state index in [0.717, 1.165) is 0 Å². The van der Waals surface area contributed by atoms with Crippen LogP contribution >= 0.6 is 15.9 Å². The highest BCUT2D eigenvalue weighted by atomic mass is 79.9. The lowest BCUT2D eigenvalue weighted by molar-refractivity contribution is 0.317. The number of benzene rings is 1. The molecule has 108 valence electrons. The third-order valence-electron chi connectivity index (χ3n) is 2.92. The Morgan fingerprint density at radius 2 is 2.14 bits per heavy atom. The van der Waals surface area contributed by atoms with Crippen LogP contribution in [0.5, 0.6) is 11.5 Å². The molecule has 0 aliphatic heterocycles. The number of ether oxygens (including phenoxy) is 1. The highest BCUT2D eigenvalue weighted by Gasteiger charge is 2.15. The zero-order valence-corrected chi connectivity index (χ0v) is 13.1. The average molecular weight is 349 g/mol. The fourth-order valence-electron chi connectivity index (χ4n) is 2.02. The zero-order chi connectivity index (χ0) is 15.6. The number of nitrogens with one attached hydrogen (secondary N) is 1. The fraction of sp³-hybridized carbons (Fsp3) is 0.200. The molecule has 2 aromatic rings. The SMILES string of the molecule is CCOc1cc(-c2cc(C)[nH]c(=O)c2C#N)cc(Br)c1O.